The van der Waals surface area contributed by atoms with Crippen molar-refractivity contribution >= 4 is 39.1 Å². The van der Waals surface area contributed by atoms with Crippen molar-refractivity contribution in [3.05, 3.63) is 69.2 Å². The van der Waals surface area contributed by atoms with Crippen LogP contribution in [-0.4, -0.2) is 11.6 Å². The van der Waals surface area contributed by atoms with Crippen LogP contribution in [0.3, 0.4) is 0 Å². The van der Waals surface area contributed by atoms with E-state index in [1.54, 1.807) is 37.3 Å². The summed E-state index contributed by atoms with van der Waals surface area (Å²) in [7, 11) is 0. The highest BCUT2D eigenvalue weighted by atomic mass is 79.9. The minimum Gasteiger partial charge on any atom is -0.267 e. The zero-order valence-electron chi connectivity index (χ0n) is 10.7. The van der Waals surface area contributed by atoms with E-state index in [1.165, 1.54) is 0 Å². The molecule has 0 saturated heterocycles. The van der Waals surface area contributed by atoms with Crippen LogP contribution in [0.15, 0.2) is 58.1 Å². The first kappa shape index (κ1) is 14.8. The van der Waals surface area contributed by atoms with Crippen molar-refractivity contribution in [1.82, 2.24) is 5.43 Å². The van der Waals surface area contributed by atoms with Gasteiger partial charge in [-0.05, 0) is 37.3 Å². The molecule has 102 valence electrons. The SMILES string of the molecule is CC(=NNC(=O)c1ccc(Br)cc1)c1ccccc1Cl. The van der Waals surface area contributed by atoms with Gasteiger partial charge in [-0.3, -0.25) is 4.79 Å². The van der Waals surface area contributed by atoms with E-state index in [-0.39, 0.29) is 5.91 Å². The smallest absolute Gasteiger partial charge is 0.267 e. The number of nitrogens with one attached hydrogen (secondary N) is 1. The van der Waals surface area contributed by atoms with Gasteiger partial charge in [-0.2, -0.15) is 5.10 Å². The summed E-state index contributed by atoms with van der Waals surface area (Å²) in [5, 5.41) is 4.68. The Hall–Kier alpha value is -1.65. The maximum absolute atomic E-state index is 11.9. The molecule has 1 amide bonds. The van der Waals surface area contributed by atoms with Crippen LogP contribution in [0.2, 0.25) is 5.02 Å². The molecule has 0 aliphatic heterocycles. The Labute approximate surface area is 130 Å². The van der Waals surface area contributed by atoms with Crippen LogP contribution < -0.4 is 5.43 Å². The molecule has 2 aromatic rings. The predicted molar refractivity (Wildman–Crippen MR) is 85.3 cm³/mol. The van der Waals surface area contributed by atoms with Gasteiger partial charge in [0.25, 0.3) is 5.91 Å². The molecule has 20 heavy (non-hydrogen) atoms. The summed E-state index contributed by atoms with van der Waals surface area (Å²) in [6.45, 7) is 1.79. The van der Waals surface area contributed by atoms with E-state index < -0.39 is 0 Å². The third-order valence-electron chi connectivity index (χ3n) is 2.70. The van der Waals surface area contributed by atoms with E-state index in [4.69, 9.17) is 11.6 Å². The van der Waals surface area contributed by atoms with Crippen LogP contribution >= 0.6 is 27.5 Å². The summed E-state index contributed by atoms with van der Waals surface area (Å²) in [5.41, 5.74) is 4.51. The van der Waals surface area contributed by atoms with Gasteiger partial charge in [-0.15, -0.1) is 0 Å². The fraction of sp³-hybridized carbons (Fsp3) is 0.0667. The molecule has 0 bridgehead atoms. The normalized spacial score (nSPS) is 11.2. The number of carbonyl (C=O) groups excluding carboxylic acids is 1. The molecule has 0 aliphatic carbocycles. The van der Waals surface area contributed by atoms with Crippen LogP contribution in [0.4, 0.5) is 0 Å². The van der Waals surface area contributed by atoms with Gasteiger partial charge in [-0.25, -0.2) is 5.43 Å². The Kier molecular flexibility index (Phi) is 4.93. The van der Waals surface area contributed by atoms with Crippen LogP contribution in [0.5, 0.6) is 0 Å². The molecular weight excluding hydrogens is 340 g/mol. The highest BCUT2D eigenvalue weighted by Gasteiger charge is 2.06. The van der Waals surface area contributed by atoms with Crippen molar-refractivity contribution < 1.29 is 4.79 Å². The van der Waals surface area contributed by atoms with Crippen molar-refractivity contribution in [2.45, 2.75) is 6.92 Å². The summed E-state index contributed by atoms with van der Waals surface area (Å²) in [5.74, 6) is -0.260. The lowest BCUT2D eigenvalue weighted by molar-refractivity contribution is 0.0955. The molecular formula is C15H12BrClN2O. The third kappa shape index (κ3) is 3.68. The standard InChI is InChI=1S/C15H12BrClN2O/c1-10(13-4-2-3-5-14(13)17)18-19-15(20)11-6-8-12(16)9-7-11/h2-9H,1H3,(H,19,20). The maximum Gasteiger partial charge on any atom is 0.271 e. The zero-order chi connectivity index (χ0) is 14.5. The van der Waals surface area contributed by atoms with Gasteiger partial charge >= 0.3 is 0 Å². The van der Waals surface area contributed by atoms with Crippen molar-refractivity contribution in [2.75, 3.05) is 0 Å². The second-order valence-corrected chi connectivity index (χ2v) is 5.45. The molecule has 1 N–H and O–H groups in total. The molecule has 0 radical (unpaired) electrons. The first-order chi connectivity index (χ1) is 9.58. The monoisotopic (exact) mass is 350 g/mol. The zero-order valence-corrected chi connectivity index (χ0v) is 13.1. The van der Waals surface area contributed by atoms with Crippen molar-refractivity contribution in [3.8, 4) is 0 Å². The highest BCUT2D eigenvalue weighted by Crippen LogP contribution is 2.15. The Bertz CT molecular complexity index is 653. The topological polar surface area (TPSA) is 41.5 Å². The molecule has 0 fully saturated rings. The van der Waals surface area contributed by atoms with Crippen LogP contribution in [0.1, 0.15) is 22.8 Å². The maximum atomic E-state index is 11.9. The summed E-state index contributed by atoms with van der Waals surface area (Å²) in [6.07, 6.45) is 0. The Morgan fingerprint density at radius 2 is 1.80 bits per heavy atom. The average molecular weight is 352 g/mol. The number of benzene rings is 2. The van der Waals surface area contributed by atoms with E-state index in [1.807, 2.05) is 18.2 Å². The van der Waals surface area contributed by atoms with Crippen LogP contribution in [0.25, 0.3) is 0 Å². The molecule has 2 aromatic carbocycles. The average Bonchev–Trinajstić information content (AvgIpc) is 2.45. The highest BCUT2D eigenvalue weighted by molar-refractivity contribution is 9.10. The minimum atomic E-state index is -0.260. The molecule has 0 spiro atoms. The number of nitrogens with zero attached hydrogens (tertiary/aromatic N) is 1. The first-order valence-corrected chi connectivity index (χ1v) is 7.10. The van der Waals surface area contributed by atoms with Gasteiger partial charge in [0, 0.05) is 20.6 Å². The van der Waals surface area contributed by atoms with Gasteiger partial charge in [-0.1, -0.05) is 45.7 Å². The quantitative estimate of drug-likeness (QED) is 0.651. The van der Waals surface area contributed by atoms with Gasteiger partial charge in [0.2, 0.25) is 0 Å². The lowest BCUT2D eigenvalue weighted by Gasteiger charge is -2.04. The molecule has 0 heterocycles. The molecule has 0 saturated carbocycles. The van der Waals surface area contributed by atoms with E-state index in [2.05, 4.69) is 26.5 Å². The third-order valence-corrected chi connectivity index (χ3v) is 3.55. The van der Waals surface area contributed by atoms with Crippen molar-refractivity contribution in [1.29, 1.82) is 0 Å². The Morgan fingerprint density at radius 3 is 2.45 bits per heavy atom. The summed E-state index contributed by atoms with van der Waals surface area (Å²) in [4.78, 5) is 11.9. The molecule has 0 aromatic heterocycles. The van der Waals surface area contributed by atoms with Gasteiger partial charge < -0.3 is 0 Å². The van der Waals surface area contributed by atoms with E-state index in [0.29, 0.717) is 16.3 Å². The largest absolute Gasteiger partial charge is 0.271 e. The van der Waals surface area contributed by atoms with Gasteiger partial charge in [0.1, 0.15) is 0 Å². The molecule has 3 nitrogen and oxygen atoms in total. The predicted octanol–water partition coefficient (Wildman–Crippen LogP) is 4.26. The first-order valence-electron chi connectivity index (χ1n) is 5.93. The van der Waals surface area contributed by atoms with Crippen LogP contribution in [-0.2, 0) is 0 Å². The van der Waals surface area contributed by atoms with Gasteiger partial charge in [0.15, 0.2) is 0 Å². The van der Waals surface area contributed by atoms with E-state index >= 15 is 0 Å². The lowest BCUT2D eigenvalue weighted by atomic mass is 10.1. The number of amides is 1. The van der Waals surface area contributed by atoms with Crippen molar-refractivity contribution in [3.63, 3.8) is 0 Å². The van der Waals surface area contributed by atoms with Crippen LogP contribution in [0, 0.1) is 0 Å². The van der Waals surface area contributed by atoms with E-state index in [9.17, 15) is 4.79 Å². The molecule has 5 heteroatoms. The molecule has 0 atom stereocenters. The number of carbonyl (C=O) groups is 1. The fourth-order valence-corrected chi connectivity index (χ4v) is 2.15. The molecule has 0 unspecified atom stereocenters. The Morgan fingerprint density at radius 1 is 1.15 bits per heavy atom. The minimum absolute atomic E-state index is 0.260. The molecule has 0 aliphatic rings. The lowest BCUT2D eigenvalue weighted by Crippen LogP contribution is -2.19. The number of hydrogen-bond donors (Lipinski definition) is 1. The summed E-state index contributed by atoms with van der Waals surface area (Å²) < 4.78 is 0.921. The van der Waals surface area contributed by atoms with Crippen molar-refractivity contribution in [2.24, 2.45) is 5.10 Å². The second-order valence-electron chi connectivity index (χ2n) is 4.12. The number of hydrazone groups is 1. The summed E-state index contributed by atoms with van der Waals surface area (Å²) >= 11 is 9.39. The fourth-order valence-electron chi connectivity index (χ4n) is 1.62. The van der Waals surface area contributed by atoms with E-state index in [0.717, 1.165) is 10.0 Å². The summed E-state index contributed by atoms with van der Waals surface area (Å²) in [6, 6.07) is 14.4. The Balaban J connectivity index is 2.11. The number of hydrogen-bond acceptors (Lipinski definition) is 2. The second kappa shape index (κ2) is 6.68. The number of rotatable bonds is 3. The molecule has 2 rings (SSSR count). The van der Waals surface area contributed by atoms with Gasteiger partial charge in [0.05, 0.1) is 5.71 Å². The number of halogens is 2.